The van der Waals surface area contributed by atoms with Crippen molar-refractivity contribution in [1.82, 2.24) is 0 Å². The highest BCUT2D eigenvalue weighted by Crippen LogP contribution is 2.30. The quantitative estimate of drug-likeness (QED) is 0.769. The number of hydrogen-bond acceptors (Lipinski definition) is 3. The van der Waals surface area contributed by atoms with Gasteiger partial charge in [0.05, 0.1) is 13.7 Å². The van der Waals surface area contributed by atoms with E-state index in [2.05, 4.69) is 5.32 Å². The van der Waals surface area contributed by atoms with Gasteiger partial charge in [-0.25, -0.2) is 0 Å². The van der Waals surface area contributed by atoms with Crippen molar-refractivity contribution in [1.29, 1.82) is 0 Å². The summed E-state index contributed by atoms with van der Waals surface area (Å²) >= 11 is 0. The molecule has 1 rings (SSSR count). The molecule has 3 nitrogen and oxygen atoms in total. The van der Waals surface area contributed by atoms with Crippen molar-refractivity contribution in [2.45, 2.75) is 20.8 Å². The number of aldehydes is 1. The molecular formula is C12H17NO2. The Morgan fingerprint density at radius 1 is 1.33 bits per heavy atom. The fourth-order valence-electron chi connectivity index (χ4n) is 1.67. The predicted octanol–water partition coefficient (Wildman–Crippen LogP) is 2.23. The first-order valence-electron chi connectivity index (χ1n) is 4.94. The van der Waals surface area contributed by atoms with Gasteiger partial charge in [-0.1, -0.05) is 0 Å². The Bertz CT molecular complexity index is 372. The zero-order valence-electron chi connectivity index (χ0n) is 9.68. The number of benzene rings is 1. The van der Waals surface area contributed by atoms with E-state index in [0.717, 1.165) is 34.4 Å². The average molecular weight is 207 g/mol. The first kappa shape index (κ1) is 11.6. The molecule has 0 aliphatic rings. The van der Waals surface area contributed by atoms with Crippen LogP contribution in [0.25, 0.3) is 0 Å². The number of carbonyl (C=O) groups excluding carboxylic acids is 1. The monoisotopic (exact) mass is 207 g/mol. The van der Waals surface area contributed by atoms with Crippen LogP contribution >= 0.6 is 0 Å². The molecule has 3 heteroatoms. The number of ether oxygens (including phenoxy) is 1. The van der Waals surface area contributed by atoms with Crippen molar-refractivity contribution >= 4 is 12.0 Å². The standard InChI is InChI=1S/C12H17NO2/c1-8-7-11(15-4)9(2)10(3)12(8)13-5-6-14/h6-7,13H,5H2,1-4H3. The molecule has 1 aromatic carbocycles. The molecule has 0 aromatic heterocycles. The van der Waals surface area contributed by atoms with Gasteiger partial charge in [-0.15, -0.1) is 0 Å². The van der Waals surface area contributed by atoms with E-state index < -0.39 is 0 Å². The van der Waals surface area contributed by atoms with Gasteiger partial charge in [-0.05, 0) is 43.5 Å². The summed E-state index contributed by atoms with van der Waals surface area (Å²) in [5.41, 5.74) is 4.36. The van der Waals surface area contributed by atoms with Gasteiger partial charge in [-0.2, -0.15) is 0 Å². The number of rotatable bonds is 4. The molecule has 0 radical (unpaired) electrons. The molecule has 0 spiro atoms. The van der Waals surface area contributed by atoms with E-state index in [1.54, 1.807) is 7.11 Å². The van der Waals surface area contributed by atoms with Crippen LogP contribution in [-0.4, -0.2) is 19.9 Å². The minimum absolute atomic E-state index is 0.341. The Morgan fingerprint density at radius 3 is 2.53 bits per heavy atom. The van der Waals surface area contributed by atoms with Crippen LogP contribution in [0, 0.1) is 20.8 Å². The van der Waals surface area contributed by atoms with Gasteiger partial charge in [0.1, 0.15) is 12.0 Å². The molecule has 0 amide bonds. The van der Waals surface area contributed by atoms with E-state index in [1.165, 1.54) is 0 Å². The largest absolute Gasteiger partial charge is 0.496 e. The van der Waals surface area contributed by atoms with Crippen molar-refractivity contribution in [3.8, 4) is 5.75 Å². The van der Waals surface area contributed by atoms with E-state index in [0.29, 0.717) is 6.54 Å². The molecule has 15 heavy (non-hydrogen) atoms. The molecule has 1 N–H and O–H groups in total. The maximum Gasteiger partial charge on any atom is 0.139 e. The van der Waals surface area contributed by atoms with Crippen LogP contribution in [0.4, 0.5) is 5.69 Å². The first-order valence-corrected chi connectivity index (χ1v) is 4.94. The average Bonchev–Trinajstić information content (AvgIpc) is 2.23. The Labute approximate surface area is 90.4 Å². The summed E-state index contributed by atoms with van der Waals surface area (Å²) < 4.78 is 5.27. The summed E-state index contributed by atoms with van der Waals surface area (Å²) in [6.45, 7) is 6.38. The third-order valence-electron chi connectivity index (χ3n) is 2.63. The molecule has 0 heterocycles. The SMILES string of the molecule is COc1cc(C)c(NCC=O)c(C)c1C. The van der Waals surface area contributed by atoms with E-state index in [-0.39, 0.29) is 0 Å². The van der Waals surface area contributed by atoms with E-state index in [9.17, 15) is 4.79 Å². The van der Waals surface area contributed by atoms with E-state index in [1.807, 2.05) is 26.8 Å². The van der Waals surface area contributed by atoms with E-state index >= 15 is 0 Å². The van der Waals surface area contributed by atoms with Crippen molar-refractivity contribution in [2.24, 2.45) is 0 Å². The predicted molar refractivity (Wildman–Crippen MR) is 61.8 cm³/mol. The van der Waals surface area contributed by atoms with Crippen molar-refractivity contribution in [2.75, 3.05) is 19.0 Å². The third-order valence-corrected chi connectivity index (χ3v) is 2.63. The topological polar surface area (TPSA) is 38.3 Å². The molecule has 0 bridgehead atoms. The fourth-order valence-corrected chi connectivity index (χ4v) is 1.67. The van der Waals surface area contributed by atoms with Crippen LogP contribution in [0.15, 0.2) is 6.07 Å². The summed E-state index contributed by atoms with van der Waals surface area (Å²) in [6, 6.07) is 1.98. The number of carbonyl (C=O) groups is 1. The summed E-state index contributed by atoms with van der Waals surface area (Å²) in [6.07, 6.45) is 0.860. The number of hydrogen-bond donors (Lipinski definition) is 1. The third kappa shape index (κ3) is 2.29. The summed E-state index contributed by atoms with van der Waals surface area (Å²) in [5, 5.41) is 3.10. The van der Waals surface area contributed by atoms with Crippen LogP contribution in [-0.2, 0) is 4.79 Å². The highest BCUT2D eigenvalue weighted by Gasteiger charge is 2.09. The molecule has 1 aromatic rings. The second-order valence-electron chi connectivity index (χ2n) is 3.57. The van der Waals surface area contributed by atoms with E-state index in [4.69, 9.17) is 4.74 Å². The zero-order valence-corrected chi connectivity index (χ0v) is 9.68. The van der Waals surface area contributed by atoms with Crippen LogP contribution in [0.5, 0.6) is 5.75 Å². The number of methoxy groups -OCH3 is 1. The first-order chi connectivity index (χ1) is 7.11. The minimum Gasteiger partial charge on any atom is -0.496 e. The lowest BCUT2D eigenvalue weighted by Crippen LogP contribution is -2.07. The maximum atomic E-state index is 10.3. The Kier molecular flexibility index (Phi) is 3.72. The number of anilines is 1. The van der Waals surface area contributed by atoms with Crippen molar-refractivity contribution in [3.63, 3.8) is 0 Å². The lowest BCUT2D eigenvalue weighted by Gasteiger charge is -2.16. The van der Waals surface area contributed by atoms with Crippen LogP contribution < -0.4 is 10.1 Å². The molecule has 0 aliphatic heterocycles. The summed E-state index contributed by atoms with van der Waals surface area (Å²) in [4.78, 5) is 10.3. The highest BCUT2D eigenvalue weighted by molar-refractivity contribution is 5.67. The lowest BCUT2D eigenvalue weighted by molar-refractivity contribution is -0.106. The molecule has 0 saturated carbocycles. The second-order valence-corrected chi connectivity index (χ2v) is 3.57. The maximum absolute atomic E-state index is 10.3. The van der Waals surface area contributed by atoms with Crippen molar-refractivity contribution < 1.29 is 9.53 Å². The van der Waals surface area contributed by atoms with Gasteiger partial charge in [0.15, 0.2) is 0 Å². The van der Waals surface area contributed by atoms with Gasteiger partial charge in [0.25, 0.3) is 0 Å². The van der Waals surface area contributed by atoms with Gasteiger partial charge in [0, 0.05) is 5.69 Å². The Hall–Kier alpha value is -1.51. The molecule has 82 valence electrons. The number of nitrogens with one attached hydrogen (secondary N) is 1. The molecule has 0 saturated heterocycles. The number of aryl methyl sites for hydroxylation is 1. The highest BCUT2D eigenvalue weighted by atomic mass is 16.5. The Balaban J connectivity index is 3.16. The second kappa shape index (κ2) is 4.82. The lowest BCUT2D eigenvalue weighted by atomic mass is 10.0. The summed E-state index contributed by atoms with van der Waals surface area (Å²) in [5.74, 6) is 0.890. The van der Waals surface area contributed by atoms with Gasteiger partial charge in [-0.3, -0.25) is 0 Å². The fraction of sp³-hybridized carbons (Fsp3) is 0.417. The summed E-state index contributed by atoms with van der Waals surface area (Å²) in [7, 11) is 1.67. The normalized spacial score (nSPS) is 9.87. The van der Waals surface area contributed by atoms with Crippen molar-refractivity contribution in [3.05, 3.63) is 22.8 Å². The molecule has 0 aliphatic carbocycles. The van der Waals surface area contributed by atoms with Crippen LogP contribution in [0.2, 0.25) is 0 Å². The van der Waals surface area contributed by atoms with Gasteiger partial charge < -0.3 is 14.8 Å². The molecule has 0 fully saturated rings. The zero-order chi connectivity index (χ0) is 11.4. The minimum atomic E-state index is 0.341. The van der Waals surface area contributed by atoms with Gasteiger partial charge in [0.2, 0.25) is 0 Å². The molecular weight excluding hydrogens is 190 g/mol. The molecule has 0 atom stereocenters. The Morgan fingerprint density at radius 2 is 2.00 bits per heavy atom. The van der Waals surface area contributed by atoms with Crippen LogP contribution in [0.3, 0.4) is 0 Å². The molecule has 0 unspecified atom stereocenters. The van der Waals surface area contributed by atoms with Gasteiger partial charge >= 0.3 is 0 Å². The smallest absolute Gasteiger partial charge is 0.139 e. The van der Waals surface area contributed by atoms with Crippen LogP contribution in [0.1, 0.15) is 16.7 Å².